The number of benzene rings is 1. The van der Waals surface area contributed by atoms with Crippen molar-refractivity contribution in [3.63, 3.8) is 0 Å². The summed E-state index contributed by atoms with van der Waals surface area (Å²) in [4.78, 5) is 0. The Balaban J connectivity index is 2.33. The van der Waals surface area contributed by atoms with Crippen molar-refractivity contribution in [2.75, 3.05) is 6.61 Å². The van der Waals surface area contributed by atoms with Crippen molar-refractivity contribution < 1.29 is 22.3 Å². The first-order chi connectivity index (χ1) is 8.22. The number of hydrogen-bond donors (Lipinski definition) is 0. The van der Waals surface area contributed by atoms with E-state index in [2.05, 4.69) is 4.74 Å². The molecule has 0 saturated carbocycles. The minimum Gasteiger partial charge on any atom is -0.316 e. The second kappa shape index (κ2) is 5.69. The Bertz CT molecular complexity index is 368. The van der Waals surface area contributed by atoms with Crippen LogP contribution in [0, 0.1) is 6.92 Å². The molecule has 0 radical (unpaired) electrons. The zero-order chi connectivity index (χ0) is 13.8. The maximum atomic E-state index is 12.7. The summed E-state index contributed by atoms with van der Waals surface area (Å²) < 4.78 is 54.3. The highest BCUT2D eigenvalue weighted by Gasteiger charge is 2.53. The molecule has 0 saturated heterocycles. The summed E-state index contributed by atoms with van der Waals surface area (Å²) in [5.74, 6) is -4.16. The number of aryl methyl sites for hydroxylation is 2. The Morgan fingerprint density at radius 3 is 2.11 bits per heavy atom. The first-order valence-electron chi connectivity index (χ1n) is 5.67. The van der Waals surface area contributed by atoms with E-state index in [4.69, 9.17) is 0 Å². The molecular weight excluding hydrogens is 248 g/mol. The lowest BCUT2D eigenvalue weighted by atomic mass is 10.1. The van der Waals surface area contributed by atoms with Crippen molar-refractivity contribution in [3.8, 4) is 0 Å². The molecule has 1 rings (SSSR count). The third-order valence-electron chi connectivity index (χ3n) is 2.52. The molecular formula is C13H16F4O. The van der Waals surface area contributed by atoms with Crippen molar-refractivity contribution in [1.29, 1.82) is 0 Å². The number of hydrogen-bond acceptors (Lipinski definition) is 1. The van der Waals surface area contributed by atoms with Gasteiger partial charge >= 0.3 is 12.0 Å². The van der Waals surface area contributed by atoms with E-state index in [1.54, 1.807) is 0 Å². The average molecular weight is 264 g/mol. The maximum absolute atomic E-state index is 12.7. The van der Waals surface area contributed by atoms with E-state index in [-0.39, 0.29) is 13.3 Å². The lowest BCUT2D eigenvalue weighted by Crippen LogP contribution is -2.40. The summed E-state index contributed by atoms with van der Waals surface area (Å²) in [5, 5.41) is 0. The lowest BCUT2D eigenvalue weighted by molar-refractivity contribution is -0.341. The number of alkyl halides is 4. The van der Waals surface area contributed by atoms with Gasteiger partial charge in [-0.2, -0.15) is 17.6 Å². The van der Waals surface area contributed by atoms with Crippen molar-refractivity contribution in [2.24, 2.45) is 0 Å². The van der Waals surface area contributed by atoms with Gasteiger partial charge in [0.25, 0.3) is 0 Å². The molecule has 5 heteroatoms. The smallest absolute Gasteiger partial charge is 0.316 e. The molecule has 0 heterocycles. The Hall–Kier alpha value is -1.10. The van der Waals surface area contributed by atoms with Crippen LogP contribution < -0.4 is 0 Å². The minimum atomic E-state index is -4.40. The second-order valence-electron chi connectivity index (χ2n) is 4.34. The van der Waals surface area contributed by atoms with Crippen LogP contribution in [0.2, 0.25) is 0 Å². The minimum absolute atomic E-state index is 0.146. The zero-order valence-corrected chi connectivity index (χ0v) is 10.4. The van der Waals surface area contributed by atoms with Crippen LogP contribution in [0.5, 0.6) is 0 Å². The van der Waals surface area contributed by atoms with Crippen LogP contribution >= 0.6 is 0 Å². The molecule has 0 aromatic heterocycles. The van der Waals surface area contributed by atoms with E-state index in [0.717, 1.165) is 11.1 Å². The molecule has 0 unspecified atom stereocenters. The van der Waals surface area contributed by atoms with E-state index < -0.39 is 18.6 Å². The molecule has 1 aromatic carbocycles. The molecule has 18 heavy (non-hydrogen) atoms. The molecule has 1 aromatic rings. The van der Waals surface area contributed by atoms with Crippen LogP contribution in [-0.4, -0.2) is 18.6 Å². The zero-order valence-electron chi connectivity index (χ0n) is 10.4. The van der Waals surface area contributed by atoms with Crippen LogP contribution in [-0.2, 0) is 11.2 Å². The summed E-state index contributed by atoms with van der Waals surface area (Å²) in [6, 6.07) is 7.57. The van der Waals surface area contributed by atoms with Crippen LogP contribution in [0.3, 0.4) is 0 Å². The Morgan fingerprint density at radius 1 is 1.06 bits per heavy atom. The summed E-state index contributed by atoms with van der Waals surface area (Å²) in [7, 11) is 0. The van der Waals surface area contributed by atoms with Gasteiger partial charge in [0, 0.05) is 6.92 Å². The van der Waals surface area contributed by atoms with Gasteiger partial charge in [0.2, 0.25) is 0 Å². The van der Waals surface area contributed by atoms with E-state index in [1.807, 2.05) is 31.2 Å². The third kappa shape index (κ3) is 4.29. The molecule has 0 amide bonds. The highest BCUT2D eigenvalue weighted by molar-refractivity contribution is 5.21. The number of rotatable bonds is 6. The summed E-state index contributed by atoms with van der Waals surface area (Å²) in [6.07, 6.45) is -3.61. The highest BCUT2D eigenvalue weighted by Crippen LogP contribution is 2.34. The largest absolute Gasteiger partial charge is 0.419 e. The van der Waals surface area contributed by atoms with Gasteiger partial charge in [0.1, 0.15) is 0 Å². The van der Waals surface area contributed by atoms with Gasteiger partial charge in [-0.15, -0.1) is 0 Å². The average Bonchev–Trinajstić information content (AvgIpc) is 2.25. The molecule has 0 aliphatic carbocycles. The predicted octanol–water partition coefficient (Wildman–Crippen LogP) is 4.19. The van der Waals surface area contributed by atoms with Gasteiger partial charge < -0.3 is 4.74 Å². The van der Waals surface area contributed by atoms with E-state index in [0.29, 0.717) is 6.42 Å². The molecule has 0 spiro atoms. The molecule has 0 aliphatic heterocycles. The molecule has 0 bridgehead atoms. The standard InChI is InChI=1S/C13H16F4O/c1-10-5-7-11(8-6-10)4-3-9-18-13(16,17)12(2,14)15/h5-8H,3-4,9H2,1-2H3. The van der Waals surface area contributed by atoms with Gasteiger partial charge in [-0.3, -0.25) is 0 Å². The van der Waals surface area contributed by atoms with Gasteiger partial charge in [0.05, 0.1) is 6.61 Å². The number of halogens is 4. The quantitative estimate of drug-likeness (QED) is 0.553. The fourth-order valence-corrected chi connectivity index (χ4v) is 1.36. The molecule has 1 nitrogen and oxygen atoms in total. The molecule has 0 atom stereocenters. The topological polar surface area (TPSA) is 9.23 Å². The first kappa shape index (κ1) is 15.0. The lowest BCUT2D eigenvalue weighted by Gasteiger charge is -2.22. The second-order valence-corrected chi connectivity index (χ2v) is 4.34. The Kier molecular flexibility index (Phi) is 4.73. The first-order valence-corrected chi connectivity index (χ1v) is 5.67. The summed E-state index contributed by atoms with van der Waals surface area (Å²) in [6.45, 7) is 1.69. The molecule has 0 aliphatic rings. The van der Waals surface area contributed by atoms with Crippen molar-refractivity contribution >= 4 is 0 Å². The van der Waals surface area contributed by atoms with Crippen molar-refractivity contribution in [3.05, 3.63) is 35.4 Å². The van der Waals surface area contributed by atoms with Crippen molar-refractivity contribution in [2.45, 2.75) is 38.7 Å². The summed E-state index contributed by atoms with van der Waals surface area (Å²) in [5.41, 5.74) is 2.07. The Labute approximate surface area is 104 Å². The van der Waals surface area contributed by atoms with Crippen molar-refractivity contribution in [1.82, 2.24) is 0 Å². The van der Waals surface area contributed by atoms with E-state index >= 15 is 0 Å². The molecule has 0 fully saturated rings. The van der Waals surface area contributed by atoms with Gasteiger partial charge in [-0.05, 0) is 25.3 Å². The van der Waals surface area contributed by atoms with Crippen LogP contribution in [0.25, 0.3) is 0 Å². The fourth-order valence-electron chi connectivity index (χ4n) is 1.36. The van der Waals surface area contributed by atoms with Crippen LogP contribution in [0.1, 0.15) is 24.5 Å². The Morgan fingerprint density at radius 2 is 1.61 bits per heavy atom. The molecule has 0 N–H and O–H groups in total. The van der Waals surface area contributed by atoms with E-state index in [9.17, 15) is 17.6 Å². The van der Waals surface area contributed by atoms with Gasteiger partial charge in [-0.25, -0.2) is 0 Å². The fraction of sp³-hybridized carbons (Fsp3) is 0.538. The maximum Gasteiger partial charge on any atom is 0.419 e. The number of ether oxygens (including phenoxy) is 1. The van der Waals surface area contributed by atoms with E-state index in [1.165, 1.54) is 0 Å². The highest BCUT2D eigenvalue weighted by atomic mass is 19.3. The summed E-state index contributed by atoms with van der Waals surface area (Å²) >= 11 is 0. The molecule has 102 valence electrons. The van der Waals surface area contributed by atoms with Crippen LogP contribution in [0.4, 0.5) is 17.6 Å². The van der Waals surface area contributed by atoms with Crippen LogP contribution in [0.15, 0.2) is 24.3 Å². The monoisotopic (exact) mass is 264 g/mol. The van der Waals surface area contributed by atoms with Gasteiger partial charge in [-0.1, -0.05) is 29.8 Å². The SMILES string of the molecule is Cc1ccc(CCCOC(F)(F)C(C)(F)F)cc1. The van der Waals surface area contributed by atoms with Gasteiger partial charge in [0.15, 0.2) is 0 Å². The normalized spacial score (nSPS) is 12.8. The predicted molar refractivity (Wildman–Crippen MR) is 61.0 cm³/mol. The third-order valence-corrected chi connectivity index (χ3v) is 2.52.